The van der Waals surface area contributed by atoms with Gasteiger partial charge in [0.25, 0.3) is 11.5 Å². The third-order valence-corrected chi connectivity index (χ3v) is 4.74. The molecule has 0 aliphatic heterocycles. The molecule has 1 heterocycles. The van der Waals surface area contributed by atoms with Gasteiger partial charge in [-0.1, -0.05) is 48.9 Å². The predicted octanol–water partition coefficient (Wildman–Crippen LogP) is 4.54. The number of nitrogens with one attached hydrogen (secondary N) is 1. The van der Waals surface area contributed by atoms with Crippen LogP contribution in [0.15, 0.2) is 53.3 Å². The number of benzene rings is 2. The first-order valence-corrected chi connectivity index (χ1v) is 9.04. The Balaban J connectivity index is 1.97. The lowest BCUT2D eigenvalue weighted by molar-refractivity contribution is 0.0743. The van der Waals surface area contributed by atoms with Gasteiger partial charge in [-0.25, -0.2) is 0 Å². The zero-order chi connectivity index (χ0) is 18.7. The molecule has 4 nitrogen and oxygen atoms in total. The number of nitrogens with zero attached hydrogens (tertiary/aromatic N) is 1. The van der Waals surface area contributed by atoms with E-state index >= 15 is 0 Å². The van der Waals surface area contributed by atoms with Crippen molar-refractivity contribution < 1.29 is 4.79 Å². The number of hydrogen-bond donors (Lipinski definition) is 1. The van der Waals surface area contributed by atoms with E-state index in [4.69, 9.17) is 11.6 Å². The summed E-state index contributed by atoms with van der Waals surface area (Å²) in [6.07, 6.45) is 0.792. The highest BCUT2D eigenvalue weighted by molar-refractivity contribution is 6.33. The highest BCUT2D eigenvalue weighted by atomic mass is 35.5. The van der Waals surface area contributed by atoms with E-state index in [1.54, 1.807) is 29.2 Å². The fourth-order valence-corrected chi connectivity index (χ4v) is 3.30. The molecule has 134 valence electrons. The molecular weight excluding hydrogens is 348 g/mol. The molecule has 0 bridgehead atoms. The molecule has 26 heavy (non-hydrogen) atoms. The number of para-hydroxylation sites is 1. The van der Waals surface area contributed by atoms with Gasteiger partial charge in [0.2, 0.25) is 0 Å². The largest absolute Gasteiger partial charge is 0.334 e. The van der Waals surface area contributed by atoms with Gasteiger partial charge in [0, 0.05) is 12.1 Å². The average Bonchev–Trinajstić information content (AvgIpc) is 2.62. The first-order valence-electron chi connectivity index (χ1n) is 8.66. The van der Waals surface area contributed by atoms with E-state index in [2.05, 4.69) is 4.98 Å². The van der Waals surface area contributed by atoms with Crippen LogP contribution in [-0.2, 0) is 6.54 Å². The SMILES string of the molecule is CCCN(Cc1cc2cccc(C)c2[nH]c1=O)C(=O)c1ccccc1Cl. The summed E-state index contributed by atoms with van der Waals surface area (Å²) in [7, 11) is 0. The Morgan fingerprint density at radius 1 is 1.15 bits per heavy atom. The average molecular weight is 369 g/mol. The molecule has 0 saturated carbocycles. The Morgan fingerprint density at radius 2 is 1.92 bits per heavy atom. The van der Waals surface area contributed by atoms with Crippen LogP contribution < -0.4 is 5.56 Å². The maximum atomic E-state index is 12.9. The number of halogens is 1. The normalized spacial score (nSPS) is 10.9. The molecule has 5 heteroatoms. The first-order chi connectivity index (χ1) is 12.5. The Labute approximate surface area is 157 Å². The second-order valence-electron chi connectivity index (χ2n) is 6.37. The van der Waals surface area contributed by atoms with E-state index in [0.717, 1.165) is 22.9 Å². The number of carbonyl (C=O) groups excluding carboxylic acids is 1. The van der Waals surface area contributed by atoms with Crippen molar-refractivity contribution in [2.24, 2.45) is 0 Å². The lowest BCUT2D eigenvalue weighted by Gasteiger charge is -2.22. The standard InChI is InChI=1S/C21H21ClN2O2/c1-3-11-24(21(26)17-9-4-5-10-18(17)22)13-16-12-15-8-6-7-14(2)19(15)23-20(16)25/h4-10,12H,3,11,13H2,1-2H3,(H,23,25). The van der Waals surface area contributed by atoms with E-state index in [-0.39, 0.29) is 18.0 Å². The molecule has 0 spiro atoms. The number of aromatic nitrogens is 1. The monoisotopic (exact) mass is 368 g/mol. The van der Waals surface area contributed by atoms with Crippen molar-refractivity contribution >= 4 is 28.4 Å². The number of fused-ring (bicyclic) bond motifs is 1. The number of H-pyrrole nitrogens is 1. The summed E-state index contributed by atoms with van der Waals surface area (Å²) in [5.74, 6) is -0.166. The zero-order valence-corrected chi connectivity index (χ0v) is 15.6. The molecule has 1 aromatic heterocycles. The number of amides is 1. The molecule has 0 aliphatic rings. The van der Waals surface area contributed by atoms with Crippen molar-refractivity contribution in [3.8, 4) is 0 Å². The zero-order valence-electron chi connectivity index (χ0n) is 14.9. The van der Waals surface area contributed by atoms with E-state index in [1.807, 2.05) is 38.1 Å². The molecule has 0 saturated heterocycles. The minimum atomic E-state index is -0.167. The number of aromatic amines is 1. The third-order valence-electron chi connectivity index (χ3n) is 4.41. The van der Waals surface area contributed by atoms with E-state index in [1.165, 1.54) is 0 Å². The maximum absolute atomic E-state index is 12.9. The summed E-state index contributed by atoms with van der Waals surface area (Å²) in [5, 5.41) is 1.38. The van der Waals surface area contributed by atoms with Crippen molar-refractivity contribution in [3.05, 3.63) is 80.6 Å². The van der Waals surface area contributed by atoms with Gasteiger partial charge in [0.05, 0.1) is 22.6 Å². The quantitative estimate of drug-likeness (QED) is 0.718. The molecule has 3 aromatic rings. The summed E-state index contributed by atoms with van der Waals surface area (Å²) in [5.41, 5.74) is 2.71. The third kappa shape index (κ3) is 3.65. The van der Waals surface area contributed by atoms with Crippen molar-refractivity contribution in [1.82, 2.24) is 9.88 Å². The second-order valence-corrected chi connectivity index (χ2v) is 6.78. The lowest BCUT2D eigenvalue weighted by Crippen LogP contribution is -2.33. The maximum Gasteiger partial charge on any atom is 0.255 e. The minimum Gasteiger partial charge on any atom is -0.334 e. The van der Waals surface area contributed by atoms with Gasteiger partial charge in [0.15, 0.2) is 0 Å². The van der Waals surface area contributed by atoms with Crippen molar-refractivity contribution in [2.75, 3.05) is 6.54 Å². The summed E-state index contributed by atoms with van der Waals surface area (Å²) in [6.45, 7) is 4.76. The molecule has 0 fully saturated rings. The fraction of sp³-hybridized carbons (Fsp3) is 0.238. The van der Waals surface area contributed by atoms with Crippen LogP contribution in [0, 0.1) is 6.92 Å². The number of pyridine rings is 1. The molecule has 3 rings (SSSR count). The van der Waals surface area contributed by atoms with Gasteiger partial charge in [-0.05, 0) is 42.5 Å². The second kappa shape index (κ2) is 7.75. The van der Waals surface area contributed by atoms with Crippen LogP contribution in [0.5, 0.6) is 0 Å². The smallest absolute Gasteiger partial charge is 0.255 e. The van der Waals surface area contributed by atoms with Crippen LogP contribution in [0.4, 0.5) is 0 Å². The summed E-state index contributed by atoms with van der Waals surface area (Å²) in [6, 6.07) is 14.7. The highest BCUT2D eigenvalue weighted by Crippen LogP contribution is 2.20. The van der Waals surface area contributed by atoms with Crippen molar-refractivity contribution in [3.63, 3.8) is 0 Å². The molecule has 0 aliphatic carbocycles. The Kier molecular flexibility index (Phi) is 5.43. The van der Waals surface area contributed by atoms with Crippen LogP contribution in [0.3, 0.4) is 0 Å². The van der Waals surface area contributed by atoms with Gasteiger partial charge < -0.3 is 9.88 Å². The van der Waals surface area contributed by atoms with E-state index in [0.29, 0.717) is 22.7 Å². The lowest BCUT2D eigenvalue weighted by atomic mass is 10.1. The van der Waals surface area contributed by atoms with Crippen LogP contribution >= 0.6 is 11.6 Å². The molecule has 1 N–H and O–H groups in total. The molecule has 1 amide bonds. The van der Waals surface area contributed by atoms with Crippen LogP contribution in [0.25, 0.3) is 10.9 Å². The van der Waals surface area contributed by atoms with Crippen molar-refractivity contribution in [2.45, 2.75) is 26.8 Å². The first kappa shape index (κ1) is 18.2. The molecular formula is C21H21ClN2O2. The fourth-order valence-electron chi connectivity index (χ4n) is 3.08. The Hall–Kier alpha value is -2.59. The van der Waals surface area contributed by atoms with E-state index < -0.39 is 0 Å². The number of hydrogen-bond acceptors (Lipinski definition) is 2. The minimum absolute atomic E-state index is 0.166. The van der Waals surface area contributed by atoms with Crippen LogP contribution in [0.1, 0.15) is 34.8 Å². The van der Waals surface area contributed by atoms with Gasteiger partial charge >= 0.3 is 0 Å². The molecule has 0 unspecified atom stereocenters. The van der Waals surface area contributed by atoms with Crippen LogP contribution in [0.2, 0.25) is 5.02 Å². The van der Waals surface area contributed by atoms with Gasteiger partial charge in [0.1, 0.15) is 0 Å². The predicted molar refractivity (Wildman–Crippen MR) is 106 cm³/mol. The summed E-state index contributed by atoms with van der Waals surface area (Å²) < 4.78 is 0. The molecule has 0 radical (unpaired) electrons. The highest BCUT2D eigenvalue weighted by Gasteiger charge is 2.19. The summed E-state index contributed by atoms with van der Waals surface area (Å²) >= 11 is 6.18. The van der Waals surface area contributed by atoms with Crippen LogP contribution in [-0.4, -0.2) is 22.3 Å². The van der Waals surface area contributed by atoms with Crippen molar-refractivity contribution in [1.29, 1.82) is 0 Å². The Morgan fingerprint density at radius 3 is 2.65 bits per heavy atom. The Bertz CT molecular complexity index is 1010. The summed E-state index contributed by atoms with van der Waals surface area (Å²) in [4.78, 5) is 30.1. The molecule has 0 atom stereocenters. The number of rotatable bonds is 5. The van der Waals surface area contributed by atoms with E-state index in [9.17, 15) is 9.59 Å². The van der Waals surface area contributed by atoms with Gasteiger partial charge in [-0.15, -0.1) is 0 Å². The van der Waals surface area contributed by atoms with Gasteiger partial charge in [-0.2, -0.15) is 0 Å². The topological polar surface area (TPSA) is 53.2 Å². The van der Waals surface area contributed by atoms with Gasteiger partial charge in [-0.3, -0.25) is 9.59 Å². The number of carbonyl (C=O) groups is 1. The molecule has 2 aromatic carbocycles. The number of aryl methyl sites for hydroxylation is 1.